The number of carbonyl (C=O) groups is 3. The first-order valence-corrected chi connectivity index (χ1v) is 7.04. The minimum atomic E-state index is -0.664. The van der Waals surface area contributed by atoms with Gasteiger partial charge in [0.15, 0.2) is 18.1 Å². The fourth-order valence-electron chi connectivity index (χ4n) is 1.65. The molecule has 0 aliphatic heterocycles. The highest BCUT2D eigenvalue weighted by Crippen LogP contribution is 2.36. The number of amides is 3. The van der Waals surface area contributed by atoms with Crippen molar-refractivity contribution in [2.24, 2.45) is 5.73 Å². The number of hydrogen-bond acceptors (Lipinski definition) is 5. The van der Waals surface area contributed by atoms with Gasteiger partial charge in [-0.05, 0) is 12.1 Å². The van der Waals surface area contributed by atoms with E-state index in [1.807, 2.05) is 0 Å². The number of nitrogens with one attached hydrogen (secondary N) is 2. The quantitative estimate of drug-likeness (QED) is 0.577. The summed E-state index contributed by atoms with van der Waals surface area (Å²) < 4.78 is 10.3. The van der Waals surface area contributed by atoms with Crippen molar-refractivity contribution >= 4 is 29.3 Å². The Labute approximate surface area is 138 Å². The number of hydrogen-bond donors (Lipinski definition) is 3. The molecule has 0 atom stereocenters. The zero-order valence-electron chi connectivity index (χ0n) is 12.8. The predicted molar refractivity (Wildman–Crippen MR) is 83.7 cm³/mol. The molecular weight excluding hydrogens is 326 g/mol. The standard InChI is InChI=1S/C14H18ClN3O5/c1-8(19)17-3-4-18-14(21)9-5-10(15)13(11(6-9)22-2)23-7-12(16)20/h5-6H,3-4,7H2,1-2H3,(H2,16,20)(H,17,19)(H,18,21). The number of benzene rings is 1. The summed E-state index contributed by atoms with van der Waals surface area (Å²) in [7, 11) is 1.38. The fraction of sp³-hybridized carbons (Fsp3) is 0.357. The van der Waals surface area contributed by atoms with Crippen LogP contribution in [0.25, 0.3) is 0 Å². The van der Waals surface area contributed by atoms with Crippen LogP contribution in [-0.2, 0) is 9.59 Å². The van der Waals surface area contributed by atoms with Crippen LogP contribution in [0.15, 0.2) is 12.1 Å². The first-order valence-electron chi connectivity index (χ1n) is 6.66. The first-order chi connectivity index (χ1) is 10.8. The Morgan fingerprint density at radius 2 is 1.87 bits per heavy atom. The van der Waals surface area contributed by atoms with Gasteiger partial charge in [0.05, 0.1) is 12.1 Å². The highest BCUT2D eigenvalue weighted by molar-refractivity contribution is 6.32. The van der Waals surface area contributed by atoms with Crippen LogP contribution in [0.3, 0.4) is 0 Å². The lowest BCUT2D eigenvalue weighted by molar-refractivity contribution is -0.120. The maximum Gasteiger partial charge on any atom is 0.255 e. The molecule has 8 nitrogen and oxygen atoms in total. The third-order valence-corrected chi connectivity index (χ3v) is 2.92. The second kappa shape index (κ2) is 8.84. The zero-order chi connectivity index (χ0) is 17.4. The van der Waals surface area contributed by atoms with Crippen LogP contribution in [0.4, 0.5) is 0 Å². The number of ether oxygens (including phenoxy) is 2. The molecule has 0 aliphatic rings. The van der Waals surface area contributed by atoms with Crippen molar-refractivity contribution in [3.63, 3.8) is 0 Å². The Morgan fingerprint density at radius 1 is 1.22 bits per heavy atom. The Kier molecular flexibility index (Phi) is 7.14. The van der Waals surface area contributed by atoms with Gasteiger partial charge in [-0.15, -0.1) is 0 Å². The maximum atomic E-state index is 12.0. The zero-order valence-corrected chi connectivity index (χ0v) is 13.5. The topological polar surface area (TPSA) is 120 Å². The summed E-state index contributed by atoms with van der Waals surface area (Å²) in [5, 5.41) is 5.28. The number of carbonyl (C=O) groups excluding carboxylic acids is 3. The summed E-state index contributed by atoms with van der Waals surface area (Å²) in [5.74, 6) is -0.909. The molecule has 0 radical (unpaired) electrons. The minimum Gasteiger partial charge on any atom is -0.493 e. The number of rotatable bonds is 8. The highest BCUT2D eigenvalue weighted by Gasteiger charge is 2.16. The molecule has 23 heavy (non-hydrogen) atoms. The molecule has 0 aromatic heterocycles. The van der Waals surface area contributed by atoms with E-state index in [1.54, 1.807) is 0 Å². The van der Waals surface area contributed by atoms with Crippen molar-refractivity contribution in [2.45, 2.75) is 6.92 Å². The molecule has 4 N–H and O–H groups in total. The van der Waals surface area contributed by atoms with Crippen molar-refractivity contribution in [1.82, 2.24) is 10.6 Å². The fourth-order valence-corrected chi connectivity index (χ4v) is 1.92. The average molecular weight is 344 g/mol. The summed E-state index contributed by atoms with van der Waals surface area (Å²) in [6.07, 6.45) is 0. The normalized spacial score (nSPS) is 9.87. The Morgan fingerprint density at radius 3 is 2.43 bits per heavy atom. The van der Waals surface area contributed by atoms with Crippen LogP contribution in [0.1, 0.15) is 17.3 Å². The van der Waals surface area contributed by atoms with E-state index in [2.05, 4.69) is 10.6 Å². The largest absolute Gasteiger partial charge is 0.493 e. The number of halogens is 1. The average Bonchev–Trinajstić information content (AvgIpc) is 2.48. The van der Waals surface area contributed by atoms with E-state index in [0.717, 1.165) is 0 Å². The lowest BCUT2D eigenvalue weighted by atomic mass is 10.2. The molecule has 0 spiro atoms. The van der Waals surface area contributed by atoms with Crippen molar-refractivity contribution in [3.8, 4) is 11.5 Å². The summed E-state index contributed by atoms with van der Waals surface area (Å²) in [4.78, 5) is 33.5. The summed E-state index contributed by atoms with van der Waals surface area (Å²) in [6, 6.07) is 2.81. The third kappa shape index (κ3) is 6.03. The molecule has 0 unspecified atom stereocenters. The van der Waals surface area contributed by atoms with Gasteiger partial charge in [0.25, 0.3) is 11.8 Å². The third-order valence-electron chi connectivity index (χ3n) is 2.63. The van der Waals surface area contributed by atoms with Crippen molar-refractivity contribution < 1.29 is 23.9 Å². The number of methoxy groups -OCH3 is 1. The smallest absolute Gasteiger partial charge is 0.255 e. The minimum absolute atomic E-state index is 0.109. The van der Waals surface area contributed by atoms with Gasteiger partial charge in [-0.25, -0.2) is 0 Å². The molecule has 0 saturated heterocycles. The van der Waals surface area contributed by atoms with Gasteiger partial charge < -0.3 is 25.8 Å². The Bertz CT molecular complexity index is 606. The van der Waals surface area contributed by atoms with Gasteiger partial charge >= 0.3 is 0 Å². The molecule has 0 fully saturated rings. The van der Waals surface area contributed by atoms with Gasteiger partial charge in [-0.2, -0.15) is 0 Å². The molecule has 1 rings (SSSR count). The van der Waals surface area contributed by atoms with Crippen LogP contribution in [-0.4, -0.2) is 44.5 Å². The van der Waals surface area contributed by atoms with E-state index in [9.17, 15) is 14.4 Å². The van der Waals surface area contributed by atoms with E-state index in [-0.39, 0.29) is 41.1 Å². The Hall–Kier alpha value is -2.48. The maximum absolute atomic E-state index is 12.0. The van der Waals surface area contributed by atoms with Gasteiger partial charge in [-0.3, -0.25) is 14.4 Å². The van der Waals surface area contributed by atoms with Crippen LogP contribution in [0, 0.1) is 0 Å². The lowest BCUT2D eigenvalue weighted by Crippen LogP contribution is -2.33. The van der Waals surface area contributed by atoms with Crippen molar-refractivity contribution in [3.05, 3.63) is 22.7 Å². The second-order valence-electron chi connectivity index (χ2n) is 4.48. The summed E-state index contributed by atoms with van der Waals surface area (Å²) in [6.45, 7) is 1.60. The van der Waals surface area contributed by atoms with Crippen molar-refractivity contribution in [1.29, 1.82) is 0 Å². The van der Waals surface area contributed by atoms with E-state index < -0.39 is 11.8 Å². The predicted octanol–water partition coefficient (Wildman–Crippen LogP) is 0.0786. The van der Waals surface area contributed by atoms with E-state index >= 15 is 0 Å². The van der Waals surface area contributed by atoms with Gasteiger partial charge in [0.2, 0.25) is 5.91 Å². The molecule has 126 valence electrons. The Balaban J connectivity index is 2.80. The van der Waals surface area contributed by atoms with Gasteiger partial charge in [-0.1, -0.05) is 11.6 Å². The SMILES string of the molecule is COc1cc(C(=O)NCCNC(C)=O)cc(Cl)c1OCC(N)=O. The van der Waals surface area contributed by atoms with E-state index in [1.165, 1.54) is 26.2 Å². The number of nitrogens with two attached hydrogens (primary N) is 1. The summed E-state index contributed by atoms with van der Waals surface area (Å²) in [5.41, 5.74) is 5.26. The van der Waals surface area contributed by atoms with Crippen LogP contribution in [0.2, 0.25) is 5.02 Å². The van der Waals surface area contributed by atoms with E-state index in [0.29, 0.717) is 6.54 Å². The van der Waals surface area contributed by atoms with Crippen LogP contribution in [0.5, 0.6) is 11.5 Å². The molecular formula is C14H18ClN3O5. The monoisotopic (exact) mass is 343 g/mol. The van der Waals surface area contributed by atoms with Crippen LogP contribution >= 0.6 is 11.6 Å². The molecule has 0 aliphatic carbocycles. The molecule has 0 heterocycles. The molecule has 9 heteroatoms. The second-order valence-corrected chi connectivity index (χ2v) is 4.89. The lowest BCUT2D eigenvalue weighted by Gasteiger charge is -2.13. The van der Waals surface area contributed by atoms with Crippen molar-refractivity contribution in [2.75, 3.05) is 26.8 Å². The molecule has 1 aromatic carbocycles. The first kappa shape index (κ1) is 18.6. The van der Waals surface area contributed by atoms with Crippen LogP contribution < -0.4 is 25.8 Å². The summed E-state index contributed by atoms with van der Waals surface area (Å²) >= 11 is 6.05. The molecule has 0 bridgehead atoms. The molecule has 3 amide bonds. The highest BCUT2D eigenvalue weighted by atomic mass is 35.5. The van der Waals surface area contributed by atoms with Gasteiger partial charge in [0, 0.05) is 25.6 Å². The van der Waals surface area contributed by atoms with Gasteiger partial charge in [0.1, 0.15) is 0 Å². The van der Waals surface area contributed by atoms with E-state index in [4.69, 9.17) is 26.8 Å². The number of primary amides is 1. The molecule has 0 saturated carbocycles. The molecule has 1 aromatic rings.